The summed E-state index contributed by atoms with van der Waals surface area (Å²) in [5.41, 5.74) is 2.38. The molecule has 0 aliphatic carbocycles. The monoisotopic (exact) mass is 365 g/mol. The molecule has 0 bridgehead atoms. The molecule has 1 atom stereocenters. The fourth-order valence-electron chi connectivity index (χ4n) is 2.13. The molecule has 2 aromatic rings. The van der Waals surface area contributed by atoms with E-state index in [1.54, 1.807) is 18.2 Å². The topological polar surface area (TPSA) is 108 Å². The van der Waals surface area contributed by atoms with Gasteiger partial charge < -0.3 is 15.4 Å². The summed E-state index contributed by atoms with van der Waals surface area (Å²) in [6.45, 7) is 3.42. The first-order chi connectivity index (χ1) is 12.9. The van der Waals surface area contributed by atoms with Gasteiger partial charge in [-0.15, -0.1) is 0 Å². The summed E-state index contributed by atoms with van der Waals surface area (Å²) in [5.74, 6) is -1.53. The lowest BCUT2D eigenvalue weighted by Crippen LogP contribution is -2.30. The number of aryl methyl sites for hydroxylation is 1. The third-order valence-electron chi connectivity index (χ3n) is 3.62. The van der Waals surface area contributed by atoms with Crippen LogP contribution in [-0.4, -0.2) is 23.9 Å². The number of nitrogens with one attached hydrogen (secondary N) is 2. The average molecular weight is 365 g/mol. The van der Waals surface area contributed by atoms with Gasteiger partial charge in [0.2, 0.25) is 5.91 Å². The zero-order chi connectivity index (χ0) is 19.8. The van der Waals surface area contributed by atoms with E-state index in [2.05, 4.69) is 10.6 Å². The second kappa shape index (κ2) is 9.15. The third kappa shape index (κ3) is 5.97. The van der Waals surface area contributed by atoms with Crippen molar-refractivity contribution in [3.63, 3.8) is 0 Å². The van der Waals surface area contributed by atoms with Gasteiger partial charge in [0.25, 0.3) is 5.91 Å². The molecule has 2 amide bonds. The van der Waals surface area contributed by atoms with E-state index >= 15 is 0 Å². The van der Waals surface area contributed by atoms with Gasteiger partial charge >= 0.3 is 5.97 Å². The molecule has 7 nitrogen and oxygen atoms in total. The Morgan fingerprint density at radius 2 is 1.56 bits per heavy atom. The summed E-state index contributed by atoms with van der Waals surface area (Å²) < 4.78 is 5.17. The van der Waals surface area contributed by atoms with Gasteiger partial charge in [0, 0.05) is 11.4 Å². The predicted molar refractivity (Wildman–Crippen MR) is 100.0 cm³/mol. The van der Waals surface area contributed by atoms with Gasteiger partial charge in [-0.1, -0.05) is 17.7 Å². The predicted octanol–water partition coefficient (Wildman–Crippen LogP) is 3.03. The van der Waals surface area contributed by atoms with Crippen LogP contribution in [0.3, 0.4) is 0 Å². The van der Waals surface area contributed by atoms with Gasteiger partial charge in [0.1, 0.15) is 6.42 Å². The molecule has 0 heterocycles. The van der Waals surface area contributed by atoms with Crippen LogP contribution in [0.5, 0.6) is 0 Å². The van der Waals surface area contributed by atoms with Crippen LogP contribution in [0.1, 0.15) is 29.3 Å². The van der Waals surface area contributed by atoms with Gasteiger partial charge in [-0.25, -0.2) is 4.79 Å². The van der Waals surface area contributed by atoms with Crippen LogP contribution >= 0.6 is 0 Å². The lowest BCUT2D eigenvalue weighted by molar-refractivity contribution is -0.123. The molecule has 0 aromatic heterocycles. The van der Waals surface area contributed by atoms with Crippen molar-refractivity contribution >= 4 is 29.2 Å². The van der Waals surface area contributed by atoms with Crippen molar-refractivity contribution in [2.75, 3.05) is 10.6 Å². The molecule has 0 aliphatic heterocycles. The average Bonchev–Trinajstić information content (AvgIpc) is 2.64. The molecule has 0 fully saturated rings. The maximum atomic E-state index is 12.2. The Kier molecular flexibility index (Phi) is 6.67. The molecule has 27 heavy (non-hydrogen) atoms. The van der Waals surface area contributed by atoms with Gasteiger partial charge in [0.05, 0.1) is 11.6 Å². The van der Waals surface area contributed by atoms with Crippen molar-refractivity contribution in [1.82, 2.24) is 0 Å². The molecule has 0 aliphatic rings. The number of hydrogen-bond acceptors (Lipinski definition) is 5. The van der Waals surface area contributed by atoms with Crippen molar-refractivity contribution in [1.29, 1.82) is 5.26 Å². The van der Waals surface area contributed by atoms with E-state index in [1.165, 1.54) is 31.2 Å². The second-order valence-corrected chi connectivity index (χ2v) is 5.86. The zero-order valence-electron chi connectivity index (χ0n) is 15.0. The van der Waals surface area contributed by atoms with Crippen molar-refractivity contribution in [3.8, 4) is 6.07 Å². The Morgan fingerprint density at radius 1 is 1.00 bits per heavy atom. The highest BCUT2D eigenvalue weighted by Gasteiger charge is 2.19. The Morgan fingerprint density at radius 3 is 2.15 bits per heavy atom. The van der Waals surface area contributed by atoms with Gasteiger partial charge in [0.15, 0.2) is 6.10 Å². The maximum absolute atomic E-state index is 12.2. The molecule has 138 valence electrons. The quantitative estimate of drug-likeness (QED) is 0.765. The number of carbonyl (C=O) groups is 3. The number of rotatable bonds is 6. The first kappa shape index (κ1) is 19.7. The number of amides is 2. The molecule has 0 radical (unpaired) electrons. The van der Waals surface area contributed by atoms with Crippen molar-refractivity contribution < 1.29 is 19.1 Å². The van der Waals surface area contributed by atoms with Gasteiger partial charge in [-0.2, -0.15) is 5.26 Å². The Bertz CT molecular complexity index is 868. The number of anilines is 2. The first-order valence-electron chi connectivity index (χ1n) is 8.24. The third-order valence-corrected chi connectivity index (χ3v) is 3.62. The highest BCUT2D eigenvalue weighted by Crippen LogP contribution is 2.13. The maximum Gasteiger partial charge on any atom is 0.338 e. The number of benzene rings is 2. The molecule has 2 N–H and O–H groups in total. The van der Waals surface area contributed by atoms with Crippen molar-refractivity contribution in [2.45, 2.75) is 26.4 Å². The smallest absolute Gasteiger partial charge is 0.338 e. The molecule has 2 rings (SSSR count). The van der Waals surface area contributed by atoms with Gasteiger partial charge in [-0.05, 0) is 50.2 Å². The SMILES string of the molecule is Cc1ccc(NC(=O)[C@@H](C)OC(=O)c2ccc(NC(=O)CC#N)cc2)cc1. The van der Waals surface area contributed by atoms with Crippen molar-refractivity contribution in [2.24, 2.45) is 0 Å². The summed E-state index contributed by atoms with van der Waals surface area (Å²) in [4.78, 5) is 35.6. The van der Waals surface area contributed by atoms with Crippen LogP contribution in [0.15, 0.2) is 48.5 Å². The Hall–Kier alpha value is -3.66. The van der Waals surface area contributed by atoms with Crippen LogP contribution in [0.2, 0.25) is 0 Å². The standard InChI is InChI=1S/C20H19N3O4/c1-13-3-7-17(8-4-13)23-19(25)14(2)27-20(26)15-5-9-16(10-6-15)22-18(24)11-12-21/h3-10,14H,11H2,1-2H3,(H,22,24)(H,23,25)/t14-/m1/s1. The highest BCUT2D eigenvalue weighted by molar-refractivity contribution is 5.98. The lowest BCUT2D eigenvalue weighted by atomic mass is 10.2. The molecule has 0 saturated carbocycles. The van der Waals surface area contributed by atoms with Gasteiger partial charge in [-0.3, -0.25) is 9.59 Å². The minimum atomic E-state index is -0.978. The Labute approximate surface area is 156 Å². The normalized spacial score (nSPS) is 11.0. The number of hydrogen-bond donors (Lipinski definition) is 2. The van der Waals surface area contributed by atoms with Crippen LogP contribution < -0.4 is 10.6 Å². The lowest BCUT2D eigenvalue weighted by Gasteiger charge is -2.14. The van der Waals surface area contributed by atoms with Crippen LogP contribution in [0.25, 0.3) is 0 Å². The van der Waals surface area contributed by atoms with E-state index < -0.39 is 23.9 Å². The number of ether oxygens (including phenoxy) is 1. The first-order valence-corrected chi connectivity index (χ1v) is 8.24. The molecule has 0 unspecified atom stereocenters. The molecule has 0 spiro atoms. The summed E-state index contributed by atoms with van der Waals surface area (Å²) in [6, 6.07) is 15.0. The van der Waals surface area contributed by atoms with E-state index in [0.29, 0.717) is 11.4 Å². The number of carbonyl (C=O) groups excluding carboxylic acids is 3. The number of nitriles is 1. The molecular weight excluding hydrogens is 346 g/mol. The minimum Gasteiger partial charge on any atom is -0.449 e. The zero-order valence-corrected chi connectivity index (χ0v) is 15.0. The highest BCUT2D eigenvalue weighted by atomic mass is 16.5. The summed E-state index contributed by atoms with van der Waals surface area (Å²) in [6.07, 6.45) is -1.23. The van der Waals surface area contributed by atoms with E-state index in [1.807, 2.05) is 19.1 Å². The summed E-state index contributed by atoms with van der Waals surface area (Å²) >= 11 is 0. The van der Waals surface area contributed by atoms with Crippen LogP contribution in [0.4, 0.5) is 11.4 Å². The minimum absolute atomic E-state index is 0.239. The van der Waals surface area contributed by atoms with E-state index in [0.717, 1.165) is 5.56 Å². The molecular formula is C20H19N3O4. The van der Waals surface area contributed by atoms with E-state index in [9.17, 15) is 14.4 Å². The molecule has 2 aromatic carbocycles. The van der Waals surface area contributed by atoms with E-state index in [4.69, 9.17) is 10.00 Å². The van der Waals surface area contributed by atoms with E-state index in [-0.39, 0.29) is 12.0 Å². The van der Waals surface area contributed by atoms with Crippen molar-refractivity contribution in [3.05, 3.63) is 59.7 Å². The Balaban J connectivity index is 1.91. The summed E-state index contributed by atoms with van der Waals surface area (Å²) in [5, 5.41) is 13.7. The number of nitrogens with zero attached hydrogens (tertiary/aromatic N) is 1. The molecule has 7 heteroatoms. The number of esters is 1. The molecule has 0 saturated heterocycles. The fourth-order valence-corrected chi connectivity index (χ4v) is 2.13. The largest absolute Gasteiger partial charge is 0.449 e. The second-order valence-electron chi connectivity index (χ2n) is 5.86. The van der Waals surface area contributed by atoms with Crippen LogP contribution in [0, 0.1) is 18.3 Å². The van der Waals surface area contributed by atoms with Crippen LogP contribution in [-0.2, 0) is 14.3 Å². The fraction of sp³-hybridized carbons (Fsp3) is 0.200. The summed E-state index contributed by atoms with van der Waals surface area (Å²) in [7, 11) is 0.